The molecule has 0 radical (unpaired) electrons. The molecule has 39 heavy (non-hydrogen) atoms. The highest BCUT2D eigenvalue weighted by Crippen LogP contribution is 2.37. The minimum Gasteiger partial charge on any atom is -0.493 e. The van der Waals surface area contributed by atoms with Crippen LogP contribution in [-0.4, -0.2) is 76.0 Å². The Hall–Kier alpha value is -3.79. The van der Waals surface area contributed by atoms with Gasteiger partial charge in [-0.05, 0) is 50.3 Å². The van der Waals surface area contributed by atoms with Crippen molar-refractivity contribution in [1.82, 2.24) is 15.3 Å². The van der Waals surface area contributed by atoms with E-state index < -0.39 is 0 Å². The molecule has 0 unspecified atom stereocenters. The summed E-state index contributed by atoms with van der Waals surface area (Å²) >= 11 is 0. The zero-order valence-corrected chi connectivity index (χ0v) is 23.0. The first-order valence-corrected chi connectivity index (χ1v) is 13.6. The third-order valence-corrected chi connectivity index (χ3v) is 7.67. The van der Waals surface area contributed by atoms with Crippen LogP contribution in [0.5, 0.6) is 11.5 Å². The van der Waals surface area contributed by atoms with Crippen molar-refractivity contribution in [2.75, 3.05) is 75.7 Å². The van der Waals surface area contributed by atoms with E-state index in [0.717, 1.165) is 67.7 Å². The Morgan fingerprint density at radius 1 is 1.03 bits per heavy atom. The van der Waals surface area contributed by atoms with Crippen molar-refractivity contribution in [2.45, 2.75) is 26.2 Å². The number of hydrogen-bond acceptors (Lipinski definition) is 9. The van der Waals surface area contributed by atoms with Crippen LogP contribution in [0.1, 0.15) is 35.2 Å². The number of carbonyl (C=O) groups excluding carboxylic acids is 1. The third-order valence-electron chi connectivity index (χ3n) is 7.67. The van der Waals surface area contributed by atoms with Crippen molar-refractivity contribution in [3.8, 4) is 11.5 Å². The standard InChI is InChI=1S/C29H38N6O4/c1-19-4-5-23(30)21(16-19)28(36)31-9-6-20-7-10-34(11-8-20)27-22-17-25(37-2)26(38-3)18-24(22)32-29(33-27)35-12-14-39-15-13-35/h4-5,16-18,20H,6-15,30H2,1-3H3,(H,31,36). The first kappa shape index (κ1) is 26.8. The van der Waals surface area contributed by atoms with E-state index in [4.69, 9.17) is 29.9 Å². The summed E-state index contributed by atoms with van der Waals surface area (Å²) in [4.78, 5) is 27.1. The molecule has 10 heteroatoms. The molecular weight excluding hydrogens is 496 g/mol. The number of ether oxygens (including phenoxy) is 3. The molecular formula is C29H38N6O4. The Bertz CT molecular complexity index is 1320. The maximum absolute atomic E-state index is 12.6. The topological polar surface area (TPSA) is 115 Å². The lowest BCUT2D eigenvalue weighted by Gasteiger charge is -2.34. The fourth-order valence-corrected chi connectivity index (χ4v) is 5.36. The summed E-state index contributed by atoms with van der Waals surface area (Å²) in [6, 6.07) is 9.44. The number of benzene rings is 2. The molecule has 0 atom stereocenters. The van der Waals surface area contributed by atoms with E-state index in [2.05, 4.69) is 15.1 Å². The van der Waals surface area contributed by atoms with E-state index in [0.29, 0.717) is 54.4 Å². The van der Waals surface area contributed by atoms with Gasteiger partial charge in [0, 0.05) is 49.9 Å². The Morgan fingerprint density at radius 3 is 2.46 bits per heavy atom. The maximum Gasteiger partial charge on any atom is 0.253 e. The molecule has 0 bridgehead atoms. The van der Waals surface area contributed by atoms with E-state index in [-0.39, 0.29) is 5.91 Å². The zero-order chi connectivity index (χ0) is 27.4. The largest absolute Gasteiger partial charge is 0.493 e. The molecule has 1 aromatic heterocycles. The number of nitrogens with one attached hydrogen (secondary N) is 1. The lowest BCUT2D eigenvalue weighted by atomic mass is 9.93. The molecule has 0 saturated carbocycles. The van der Waals surface area contributed by atoms with E-state index in [1.165, 1.54) is 0 Å². The van der Waals surface area contributed by atoms with Crippen LogP contribution in [0.2, 0.25) is 0 Å². The van der Waals surface area contributed by atoms with Gasteiger partial charge in [-0.1, -0.05) is 11.6 Å². The summed E-state index contributed by atoms with van der Waals surface area (Å²) in [6.07, 6.45) is 2.97. The lowest BCUT2D eigenvalue weighted by molar-refractivity contribution is 0.0951. The molecule has 208 valence electrons. The number of hydrogen-bond donors (Lipinski definition) is 2. The van der Waals surface area contributed by atoms with Gasteiger partial charge in [-0.3, -0.25) is 4.79 Å². The predicted molar refractivity (Wildman–Crippen MR) is 153 cm³/mol. The number of anilines is 3. The second-order valence-electron chi connectivity index (χ2n) is 10.2. The summed E-state index contributed by atoms with van der Waals surface area (Å²) in [5, 5.41) is 4.00. The lowest BCUT2D eigenvalue weighted by Crippen LogP contribution is -2.39. The van der Waals surface area contributed by atoms with Crippen LogP contribution in [-0.2, 0) is 4.74 Å². The van der Waals surface area contributed by atoms with Crippen LogP contribution in [0.15, 0.2) is 30.3 Å². The van der Waals surface area contributed by atoms with E-state index in [1.807, 2.05) is 31.2 Å². The number of nitrogens with two attached hydrogens (primary N) is 1. The van der Waals surface area contributed by atoms with Crippen molar-refractivity contribution >= 4 is 34.3 Å². The molecule has 2 aliphatic rings. The van der Waals surface area contributed by atoms with Gasteiger partial charge in [-0.2, -0.15) is 4.98 Å². The molecule has 0 spiro atoms. The van der Waals surface area contributed by atoms with Crippen LogP contribution in [0.4, 0.5) is 17.5 Å². The SMILES string of the molecule is COc1cc2nc(N3CCOCC3)nc(N3CCC(CCNC(=O)c4cc(C)ccc4N)CC3)c2cc1OC. The van der Waals surface area contributed by atoms with Gasteiger partial charge in [-0.15, -0.1) is 0 Å². The highest BCUT2D eigenvalue weighted by Gasteiger charge is 2.25. The second-order valence-corrected chi connectivity index (χ2v) is 10.2. The third kappa shape index (κ3) is 5.95. The molecule has 5 rings (SSSR count). The first-order valence-electron chi connectivity index (χ1n) is 13.6. The number of rotatable bonds is 8. The zero-order valence-electron chi connectivity index (χ0n) is 23.0. The number of nitrogen functional groups attached to an aromatic ring is 1. The number of carbonyl (C=O) groups is 1. The van der Waals surface area contributed by atoms with Gasteiger partial charge in [0.1, 0.15) is 5.82 Å². The Morgan fingerprint density at radius 2 is 1.74 bits per heavy atom. The van der Waals surface area contributed by atoms with Gasteiger partial charge in [0.25, 0.3) is 5.91 Å². The van der Waals surface area contributed by atoms with Gasteiger partial charge >= 0.3 is 0 Å². The highest BCUT2D eigenvalue weighted by molar-refractivity contribution is 5.99. The summed E-state index contributed by atoms with van der Waals surface area (Å²) in [5.41, 5.74) is 8.91. The molecule has 3 heterocycles. The minimum atomic E-state index is -0.110. The molecule has 0 aliphatic carbocycles. The molecule has 2 aliphatic heterocycles. The Balaban J connectivity index is 1.28. The second kappa shape index (κ2) is 11.9. The summed E-state index contributed by atoms with van der Waals surface area (Å²) in [7, 11) is 3.28. The van der Waals surface area contributed by atoms with Crippen molar-refractivity contribution in [3.63, 3.8) is 0 Å². The number of fused-ring (bicyclic) bond motifs is 1. The highest BCUT2D eigenvalue weighted by atomic mass is 16.5. The Kier molecular flexibility index (Phi) is 8.21. The monoisotopic (exact) mass is 534 g/mol. The summed E-state index contributed by atoms with van der Waals surface area (Å²) < 4.78 is 16.7. The number of piperidine rings is 1. The molecule has 10 nitrogen and oxygen atoms in total. The molecule has 1 amide bonds. The number of aryl methyl sites for hydroxylation is 1. The van der Waals surface area contributed by atoms with Crippen molar-refractivity contribution < 1.29 is 19.0 Å². The van der Waals surface area contributed by atoms with Crippen LogP contribution in [0.25, 0.3) is 10.9 Å². The fourth-order valence-electron chi connectivity index (χ4n) is 5.36. The average Bonchev–Trinajstić information content (AvgIpc) is 2.97. The molecule has 2 saturated heterocycles. The van der Waals surface area contributed by atoms with E-state index in [9.17, 15) is 4.79 Å². The van der Waals surface area contributed by atoms with E-state index >= 15 is 0 Å². The van der Waals surface area contributed by atoms with E-state index in [1.54, 1.807) is 20.3 Å². The number of methoxy groups -OCH3 is 2. The van der Waals surface area contributed by atoms with Crippen LogP contribution < -0.4 is 30.3 Å². The van der Waals surface area contributed by atoms with Crippen molar-refractivity contribution in [3.05, 3.63) is 41.5 Å². The summed E-state index contributed by atoms with van der Waals surface area (Å²) in [5.74, 6) is 3.36. The fraction of sp³-hybridized carbons (Fsp3) is 0.483. The molecule has 3 aromatic rings. The van der Waals surface area contributed by atoms with Gasteiger partial charge in [-0.25, -0.2) is 4.98 Å². The van der Waals surface area contributed by atoms with Crippen molar-refractivity contribution in [2.24, 2.45) is 5.92 Å². The quantitative estimate of drug-likeness (QED) is 0.420. The smallest absolute Gasteiger partial charge is 0.253 e. The minimum absolute atomic E-state index is 0.110. The molecule has 2 aromatic carbocycles. The van der Waals surface area contributed by atoms with Gasteiger partial charge in [0.2, 0.25) is 5.95 Å². The van der Waals surface area contributed by atoms with Gasteiger partial charge < -0.3 is 35.1 Å². The molecule has 2 fully saturated rings. The first-order chi connectivity index (χ1) is 19.0. The number of aromatic nitrogens is 2. The predicted octanol–water partition coefficient (Wildman–Crippen LogP) is 3.41. The average molecular weight is 535 g/mol. The van der Waals surface area contributed by atoms with Crippen LogP contribution in [0, 0.1) is 12.8 Å². The van der Waals surface area contributed by atoms with Gasteiger partial charge in [0.15, 0.2) is 11.5 Å². The molecule has 3 N–H and O–H groups in total. The number of morpholine rings is 1. The maximum atomic E-state index is 12.6. The summed E-state index contributed by atoms with van der Waals surface area (Å²) in [6.45, 7) is 7.22. The van der Waals surface area contributed by atoms with Gasteiger partial charge in [0.05, 0.1) is 38.5 Å². The Labute approximate surface area is 229 Å². The van der Waals surface area contributed by atoms with Crippen molar-refractivity contribution in [1.29, 1.82) is 0 Å². The number of nitrogens with zero attached hydrogens (tertiary/aromatic N) is 4. The normalized spacial score (nSPS) is 16.4. The van der Waals surface area contributed by atoms with Crippen LogP contribution >= 0.6 is 0 Å². The van der Waals surface area contributed by atoms with Crippen LogP contribution in [0.3, 0.4) is 0 Å². The number of amides is 1.